The molecule has 0 saturated heterocycles. The second-order valence-corrected chi connectivity index (χ2v) is 2.55. The summed E-state index contributed by atoms with van der Waals surface area (Å²) in [5.74, 6) is -0.585. The molecule has 1 aromatic rings. The molecule has 0 saturated carbocycles. The van der Waals surface area contributed by atoms with Crippen molar-refractivity contribution in [2.24, 2.45) is 0 Å². The van der Waals surface area contributed by atoms with Gasteiger partial charge in [0.25, 0.3) is 0 Å². The Hall–Kier alpha value is -1.78. The van der Waals surface area contributed by atoms with Crippen LogP contribution in [0.25, 0.3) is 0 Å². The number of halogens is 1. The summed E-state index contributed by atoms with van der Waals surface area (Å²) in [7, 11) is 0. The molecule has 4 nitrogen and oxygen atoms in total. The number of hydrogen-bond acceptors (Lipinski definition) is 3. The van der Waals surface area contributed by atoms with E-state index in [2.05, 4.69) is 10.1 Å². The lowest BCUT2D eigenvalue weighted by atomic mass is 10.2. The minimum Gasteiger partial charge on any atom is -0.450 e. The van der Waals surface area contributed by atoms with Crippen molar-refractivity contribution >= 4 is 17.5 Å². The monoisotopic (exact) mass is 198 g/mol. The molecule has 5 heteroatoms. The third-order valence-corrected chi connectivity index (χ3v) is 1.55. The molecule has 0 unspecified atom stereocenters. The van der Waals surface area contributed by atoms with Gasteiger partial charge in [0, 0.05) is 0 Å². The Labute approximate surface area is 80.9 Å². The van der Waals surface area contributed by atoms with E-state index in [1.54, 1.807) is 6.92 Å². The first-order valence-corrected chi connectivity index (χ1v) is 4.13. The van der Waals surface area contributed by atoms with Gasteiger partial charge in [-0.05, 0) is 19.1 Å². The molecule has 1 aromatic carbocycles. The molecule has 0 bridgehead atoms. The summed E-state index contributed by atoms with van der Waals surface area (Å²) in [5, 5.41) is 2.22. The van der Waals surface area contributed by atoms with Crippen LogP contribution in [-0.2, 0) is 4.74 Å². The molecule has 0 radical (unpaired) electrons. The van der Waals surface area contributed by atoms with Crippen LogP contribution < -0.4 is 11.1 Å². The van der Waals surface area contributed by atoms with Crippen molar-refractivity contribution in [2.45, 2.75) is 6.92 Å². The van der Waals surface area contributed by atoms with Crippen molar-refractivity contribution in [1.82, 2.24) is 0 Å². The number of nitrogen functional groups attached to an aromatic ring is 1. The lowest BCUT2D eigenvalue weighted by molar-refractivity contribution is 0.168. The Morgan fingerprint density at radius 2 is 2.36 bits per heavy atom. The van der Waals surface area contributed by atoms with Crippen LogP contribution >= 0.6 is 0 Å². The molecular formula is C9H11FN2O2. The zero-order chi connectivity index (χ0) is 10.6. The number of benzene rings is 1. The number of amides is 1. The second-order valence-electron chi connectivity index (χ2n) is 2.55. The summed E-state index contributed by atoms with van der Waals surface area (Å²) < 4.78 is 17.7. The fourth-order valence-corrected chi connectivity index (χ4v) is 0.942. The predicted molar refractivity (Wildman–Crippen MR) is 51.5 cm³/mol. The fourth-order valence-electron chi connectivity index (χ4n) is 0.942. The number of rotatable bonds is 2. The van der Waals surface area contributed by atoms with E-state index in [0.717, 1.165) is 0 Å². The highest BCUT2D eigenvalue weighted by atomic mass is 19.1. The number of carbonyl (C=O) groups excluding carboxylic acids is 1. The molecule has 0 atom stereocenters. The fraction of sp³-hybridized carbons (Fsp3) is 0.222. The molecule has 76 valence electrons. The largest absolute Gasteiger partial charge is 0.450 e. The van der Waals surface area contributed by atoms with E-state index in [9.17, 15) is 9.18 Å². The lowest BCUT2D eigenvalue weighted by Crippen LogP contribution is -2.15. The SMILES string of the molecule is CCOC(=O)Nc1c(N)cccc1F. The summed E-state index contributed by atoms with van der Waals surface area (Å²) in [4.78, 5) is 11.0. The van der Waals surface area contributed by atoms with Crippen molar-refractivity contribution in [3.8, 4) is 0 Å². The maximum absolute atomic E-state index is 13.1. The van der Waals surface area contributed by atoms with Crippen LogP contribution in [0.1, 0.15) is 6.92 Å². The minimum absolute atomic E-state index is 0.0500. The van der Waals surface area contributed by atoms with Crippen LogP contribution in [0.15, 0.2) is 18.2 Å². The summed E-state index contributed by atoms with van der Waals surface area (Å²) in [6, 6.07) is 4.16. The van der Waals surface area contributed by atoms with Gasteiger partial charge in [-0.15, -0.1) is 0 Å². The first kappa shape index (κ1) is 10.3. The molecular weight excluding hydrogens is 187 g/mol. The number of para-hydroxylation sites is 1. The van der Waals surface area contributed by atoms with Crippen molar-refractivity contribution in [3.05, 3.63) is 24.0 Å². The minimum atomic E-state index is -0.718. The van der Waals surface area contributed by atoms with Crippen LogP contribution in [0.2, 0.25) is 0 Å². The first-order valence-electron chi connectivity index (χ1n) is 4.13. The maximum atomic E-state index is 13.1. The zero-order valence-electron chi connectivity index (χ0n) is 7.71. The third kappa shape index (κ3) is 2.35. The van der Waals surface area contributed by atoms with Crippen LogP contribution in [0.4, 0.5) is 20.6 Å². The van der Waals surface area contributed by atoms with E-state index in [-0.39, 0.29) is 18.0 Å². The highest BCUT2D eigenvalue weighted by Gasteiger charge is 2.09. The van der Waals surface area contributed by atoms with Crippen LogP contribution in [0, 0.1) is 5.82 Å². The highest BCUT2D eigenvalue weighted by Crippen LogP contribution is 2.21. The molecule has 3 N–H and O–H groups in total. The molecule has 0 fully saturated rings. The first-order chi connectivity index (χ1) is 6.65. The van der Waals surface area contributed by atoms with Crippen molar-refractivity contribution in [2.75, 3.05) is 17.7 Å². The van der Waals surface area contributed by atoms with Crippen molar-refractivity contribution in [3.63, 3.8) is 0 Å². The molecule has 0 aliphatic heterocycles. The van der Waals surface area contributed by atoms with Gasteiger partial charge >= 0.3 is 6.09 Å². The number of anilines is 2. The van der Waals surface area contributed by atoms with Gasteiger partial charge in [-0.2, -0.15) is 0 Å². The number of ether oxygens (including phenoxy) is 1. The normalized spacial score (nSPS) is 9.57. The molecule has 14 heavy (non-hydrogen) atoms. The van der Waals surface area contributed by atoms with E-state index in [0.29, 0.717) is 0 Å². The number of carbonyl (C=O) groups is 1. The molecule has 0 aromatic heterocycles. The van der Waals surface area contributed by atoms with Gasteiger partial charge in [0.1, 0.15) is 11.5 Å². The van der Waals surface area contributed by atoms with E-state index >= 15 is 0 Å². The highest BCUT2D eigenvalue weighted by molar-refractivity contribution is 5.89. The van der Waals surface area contributed by atoms with E-state index in [1.807, 2.05) is 0 Å². The van der Waals surface area contributed by atoms with Crippen molar-refractivity contribution < 1.29 is 13.9 Å². The smallest absolute Gasteiger partial charge is 0.411 e. The summed E-state index contributed by atoms with van der Waals surface area (Å²) in [6.45, 7) is 1.88. The van der Waals surface area contributed by atoms with E-state index < -0.39 is 11.9 Å². The number of nitrogens with one attached hydrogen (secondary N) is 1. The van der Waals surface area contributed by atoms with Gasteiger partial charge in [-0.25, -0.2) is 9.18 Å². The van der Waals surface area contributed by atoms with Crippen LogP contribution in [0.3, 0.4) is 0 Å². The van der Waals surface area contributed by atoms with Gasteiger partial charge in [-0.1, -0.05) is 6.07 Å². The standard InChI is InChI=1S/C9H11FN2O2/c1-2-14-9(13)12-8-6(10)4-3-5-7(8)11/h3-5H,2,11H2,1H3,(H,12,13). The van der Waals surface area contributed by atoms with Crippen LogP contribution in [0.5, 0.6) is 0 Å². The quantitative estimate of drug-likeness (QED) is 0.714. The summed E-state index contributed by atoms with van der Waals surface area (Å²) in [6.07, 6.45) is -0.718. The molecule has 1 rings (SSSR count). The van der Waals surface area contributed by atoms with Gasteiger partial charge in [0.05, 0.1) is 12.3 Å². The second kappa shape index (κ2) is 4.45. The molecule has 0 aliphatic rings. The Morgan fingerprint density at radius 3 is 2.93 bits per heavy atom. The molecule has 0 spiro atoms. The Balaban J connectivity index is 2.80. The molecule has 1 amide bonds. The Morgan fingerprint density at radius 1 is 1.64 bits per heavy atom. The summed E-state index contributed by atoms with van der Waals surface area (Å²) in [5.41, 5.74) is 5.57. The van der Waals surface area contributed by atoms with E-state index in [4.69, 9.17) is 5.73 Å². The zero-order valence-corrected chi connectivity index (χ0v) is 7.71. The van der Waals surface area contributed by atoms with Gasteiger partial charge < -0.3 is 10.5 Å². The average molecular weight is 198 g/mol. The lowest BCUT2D eigenvalue weighted by Gasteiger charge is -2.08. The number of hydrogen-bond donors (Lipinski definition) is 2. The predicted octanol–water partition coefficient (Wildman–Crippen LogP) is 1.98. The Kier molecular flexibility index (Phi) is 3.28. The molecule has 0 aliphatic carbocycles. The summed E-state index contributed by atoms with van der Waals surface area (Å²) >= 11 is 0. The van der Waals surface area contributed by atoms with Gasteiger partial charge in [0.15, 0.2) is 0 Å². The number of nitrogens with two attached hydrogens (primary N) is 1. The van der Waals surface area contributed by atoms with Crippen LogP contribution in [-0.4, -0.2) is 12.7 Å². The topological polar surface area (TPSA) is 64.3 Å². The van der Waals surface area contributed by atoms with Gasteiger partial charge in [-0.3, -0.25) is 5.32 Å². The average Bonchev–Trinajstić information content (AvgIpc) is 2.12. The third-order valence-electron chi connectivity index (χ3n) is 1.55. The van der Waals surface area contributed by atoms with E-state index in [1.165, 1.54) is 18.2 Å². The maximum Gasteiger partial charge on any atom is 0.411 e. The molecule has 0 heterocycles. The van der Waals surface area contributed by atoms with Crippen molar-refractivity contribution in [1.29, 1.82) is 0 Å². The Bertz CT molecular complexity index is 321. The van der Waals surface area contributed by atoms with Gasteiger partial charge in [0.2, 0.25) is 0 Å².